The standard InChI is InChI=1S/C13H11Br2NS/c14-10-3-5-12(6-4-10)17-8-9-1-2-11(15)7-13(9)16/h1-7H,8,16H2. The van der Waals surface area contributed by atoms with Crippen LogP contribution in [0.2, 0.25) is 0 Å². The Morgan fingerprint density at radius 3 is 2.24 bits per heavy atom. The van der Waals surface area contributed by atoms with Gasteiger partial charge in [0, 0.05) is 25.3 Å². The van der Waals surface area contributed by atoms with Crippen LogP contribution in [0.15, 0.2) is 56.3 Å². The van der Waals surface area contributed by atoms with Gasteiger partial charge in [0.05, 0.1) is 0 Å². The molecule has 2 N–H and O–H groups in total. The van der Waals surface area contributed by atoms with Crippen molar-refractivity contribution in [1.29, 1.82) is 0 Å². The van der Waals surface area contributed by atoms with E-state index in [1.165, 1.54) is 10.5 Å². The number of anilines is 1. The van der Waals surface area contributed by atoms with Gasteiger partial charge in [0.15, 0.2) is 0 Å². The minimum Gasteiger partial charge on any atom is -0.398 e. The Morgan fingerprint density at radius 1 is 0.941 bits per heavy atom. The SMILES string of the molecule is Nc1cc(Br)ccc1CSc1ccc(Br)cc1. The first-order valence-corrected chi connectivity index (χ1v) is 7.64. The zero-order chi connectivity index (χ0) is 12.3. The van der Waals surface area contributed by atoms with Crippen LogP contribution in [0.25, 0.3) is 0 Å². The number of hydrogen-bond acceptors (Lipinski definition) is 2. The summed E-state index contributed by atoms with van der Waals surface area (Å²) in [6, 6.07) is 14.3. The zero-order valence-corrected chi connectivity index (χ0v) is 13.0. The van der Waals surface area contributed by atoms with Crippen LogP contribution in [0.3, 0.4) is 0 Å². The molecule has 0 radical (unpaired) electrons. The Kier molecular flexibility index (Phi) is 4.54. The van der Waals surface area contributed by atoms with Crippen molar-refractivity contribution in [1.82, 2.24) is 0 Å². The van der Waals surface area contributed by atoms with Crippen LogP contribution in [-0.4, -0.2) is 0 Å². The van der Waals surface area contributed by atoms with E-state index in [0.717, 1.165) is 20.4 Å². The fraction of sp³-hybridized carbons (Fsp3) is 0.0769. The number of nitrogens with two attached hydrogens (primary N) is 1. The molecule has 2 aromatic rings. The molecular weight excluding hydrogens is 362 g/mol. The molecule has 0 aliphatic heterocycles. The van der Waals surface area contributed by atoms with Gasteiger partial charge >= 0.3 is 0 Å². The Balaban J connectivity index is 2.04. The Bertz CT molecular complexity index is 511. The molecule has 0 amide bonds. The summed E-state index contributed by atoms with van der Waals surface area (Å²) in [5.74, 6) is 0.890. The van der Waals surface area contributed by atoms with Gasteiger partial charge in [-0.3, -0.25) is 0 Å². The second-order valence-electron chi connectivity index (χ2n) is 3.59. The molecule has 0 saturated carbocycles. The quantitative estimate of drug-likeness (QED) is 0.600. The summed E-state index contributed by atoms with van der Waals surface area (Å²) in [6.07, 6.45) is 0. The van der Waals surface area contributed by atoms with E-state index in [0.29, 0.717) is 0 Å². The van der Waals surface area contributed by atoms with E-state index in [-0.39, 0.29) is 0 Å². The van der Waals surface area contributed by atoms with Crippen LogP contribution in [0.4, 0.5) is 5.69 Å². The average molecular weight is 373 g/mol. The van der Waals surface area contributed by atoms with Gasteiger partial charge in [-0.05, 0) is 42.0 Å². The number of benzene rings is 2. The number of nitrogen functional groups attached to an aromatic ring is 1. The highest BCUT2D eigenvalue weighted by molar-refractivity contribution is 9.10. The van der Waals surface area contributed by atoms with E-state index in [1.807, 2.05) is 24.3 Å². The summed E-state index contributed by atoms with van der Waals surface area (Å²) in [5.41, 5.74) is 7.96. The number of hydrogen-bond donors (Lipinski definition) is 1. The fourth-order valence-electron chi connectivity index (χ4n) is 1.39. The topological polar surface area (TPSA) is 26.0 Å². The first-order valence-electron chi connectivity index (χ1n) is 5.07. The van der Waals surface area contributed by atoms with Crippen molar-refractivity contribution in [2.24, 2.45) is 0 Å². The third-order valence-electron chi connectivity index (χ3n) is 2.32. The third-order valence-corrected chi connectivity index (χ3v) is 4.40. The molecule has 0 saturated heterocycles. The van der Waals surface area contributed by atoms with Crippen molar-refractivity contribution in [3.63, 3.8) is 0 Å². The van der Waals surface area contributed by atoms with Crippen molar-refractivity contribution in [2.45, 2.75) is 10.6 Å². The largest absolute Gasteiger partial charge is 0.398 e. The predicted molar refractivity (Wildman–Crippen MR) is 82.3 cm³/mol. The average Bonchev–Trinajstić information content (AvgIpc) is 2.30. The number of rotatable bonds is 3. The summed E-state index contributed by atoms with van der Waals surface area (Å²) in [4.78, 5) is 1.25. The van der Waals surface area contributed by atoms with Gasteiger partial charge in [-0.25, -0.2) is 0 Å². The summed E-state index contributed by atoms with van der Waals surface area (Å²) in [7, 11) is 0. The maximum atomic E-state index is 5.96. The van der Waals surface area contributed by atoms with Crippen LogP contribution in [0.5, 0.6) is 0 Å². The molecule has 0 bridgehead atoms. The van der Waals surface area contributed by atoms with Crippen molar-refractivity contribution >= 4 is 49.3 Å². The third kappa shape index (κ3) is 3.76. The van der Waals surface area contributed by atoms with E-state index in [9.17, 15) is 0 Å². The van der Waals surface area contributed by atoms with Gasteiger partial charge in [0.25, 0.3) is 0 Å². The molecule has 17 heavy (non-hydrogen) atoms. The summed E-state index contributed by atoms with van der Waals surface area (Å²) in [5, 5.41) is 0. The van der Waals surface area contributed by atoms with Gasteiger partial charge in [0.2, 0.25) is 0 Å². The molecule has 0 heterocycles. The molecule has 2 aromatic carbocycles. The van der Waals surface area contributed by atoms with E-state index in [4.69, 9.17) is 5.73 Å². The van der Waals surface area contributed by atoms with Gasteiger partial charge in [0.1, 0.15) is 0 Å². The van der Waals surface area contributed by atoms with Gasteiger partial charge in [-0.15, -0.1) is 11.8 Å². The molecule has 0 unspecified atom stereocenters. The molecule has 0 spiro atoms. The maximum absolute atomic E-state index is 5.96. The van der Waals surface area contributed by atoms with E-state index >= 15 is 0 Å². The van der Waals surface area contributed by atoms with Gasteiger partial charge in [-0.1, -0.05) is 37.9 Å². The fourth-order valence-corrected chi connectivity index (χ4v) is 2.95. The highest BCUT2D eigenvalue weighted by Crippen LogP contribution is 2.28. The van der Waals surface area contributed by atoms with E-state index < -0.39 is 0 Å². The van der Waals surface area contributed by atoms with E-state index in [2.05, 4.69) is 50.1 Å². The zero-order valence-electron chi connectivity index (χ0n) is 8.99. The maximum Gasteiger partial charge on any atom is 0.0366 e. The monoisotopic (exact) mass is 371 g/mol. The highest BCUT2D eigenvalue weighted by atomic mass is 79.9. The lowest BCUT2D eigenvalue weighted by Gasteiger charge is -2.06. The molecular formula is C13H11Br2NS. The van der Waals surface area contributed by atoms with Crippen LogP contribution in [0.1, 0.15) is 5.56 Å². The summed E-state index contributed by atoms with van der Waals surface area (Å²) < 4.78 is 2.12. The van der Waals surface area contributed by atoms with Crippen molar-refractivity contribution < 1.29 is 0 Å². The molecule has 0 fully saturated rings. The predicted octanol–water partition coefficient (Wildman–Crippen LogP) is 5.09. The Labute approximate surface area is 122 Å². The first-order chi connectivity index (χ1) is 8.15. The molecule has 4 heteroatoms. The summed E-state index contributed by atoms with van der Waals surface area (Å²) in [6.45, 7) is 0. The van der Waals surface area contributed by atoms with Crippen molar-refractivity contribution in [3.8, 4) is 0 Å². The molecule has 88 valence electrons. The number of halogens is 2. The first kappa shape index (κ1) is 13.0. The second kappa shape index (κ2) is 5.94. The minimum absolute atomic E-state index is 0.837. The second-order valence-corrected chi connectivity index (χ2v) is 6.47. The van der Waals surface area contributed by atoms with Crippen molar-refractivity contribution in [3.05, 3.63) is 57.0 Å². The Hall–Kier alpha value is -0.450. The van der Waals surface area contributed by atoms with Crippen LogP contribution < -0.4 is 5.73 Å². The molecule has 0 aromatic heterocycles. The van der Waals surface area contributed by atoms with Crippen molar-refractivity contribution in [2.75, 3.05) is 5.73 Å². The van der Waals surface area contributed by atoms with Crippen LogP contribution >= 0.6 is 43.6 Å². The lowest BCUT2D eigenvalue weighted by atomic mass is 10.2. The van der Waals surface area contributed by atoms with E-state index in [1.54, 1.807) is 11.8 Å². The van der Waals surface area contributed by atoms with Gasteiger partial charge < -0.3 is 5.73 Å². The molecule has 0 atom stereocenters. The van der Waals surface area contributed by atoms with Crippen LogP contribution in [-0.2, 0) is 5.75 Å². The molecule has 0 aliphatic rings. The smallest absolute Gasteiger partial charge is 0.0366 e. The van der Waals surface area contributed by atoms with Crippen LogP contribution in [0, 0.1) is 0 Å². The minimum atomic E-state index is 0.837. The highest BCUT2D eigenvalue weighted by Gasteiger charge is 2.01. The number of thioether (sulfide) groups is 1. The normalized spacial score (nSPS) is 10.5. The Morgan fingerprint density at radius 2 is 1.59 bits per heavy atom. The summed E-state index contributed by atoms with van der Waals surface area (Å²) >= 11 is 8.62. The van der Waals surface area contributed by atoms with Gasteiger partial charge in [-0.2, -0.15) is 0 Å². The molecule has 1 nitrogen and oxygen atoms in total. The molecule has 0 aliphatic carbocycles. The lowest BCUT2D eigenvalue weighted by molar-refractivity contribution is 1.37. The lowest BCUT2D eigenvalue weighted by Crippen LogP contribution is -1.92. The molecule has 2 rings (SSSR count).